The van der Waals surface area contributed by atoms with Gasteiger partial charge in [0.05, 0.1) is 16.1 Å². The standard InChI is InChI=1S/C14H22ClN3O3S2.ClH/c1-23(20,21)9-4-12(16)14(19)18-7-5-17(6-8-18)10-11-2-3-13(15)22-11;/h2-3,12H,4-10,16H2,1H3;1H. The average molecular weight is 416 g/mol. The Morgan fingerprint density at radius 3 is 2.46 bits per heavy atom. The van der Waals surface area contributed by atoms with E-state index in [1.165, 1.54) is 4.88 Å². The monoisotopic (exact) mass is 415 g/mol. The van der Waals surface area contributed by atoms with Gasteiger partial charge < -0.3 is 10.6 Å². The molecule has 6 nitrogen and oxygen atoms in total. The molecule has 2 heterocycles. The number of thiophene rings is 1. The minimum Gasteiger partial charge on any atom is -0.339 e. The van der Waals surface area contributed by atoms with E-state index in [0.717, 1.165) is 30.2 Å². The molecule has 24 heavy (non-hydrogen) atoms. The van der Waals surface area contributed by atoms with E-state index in [2.05, 4.69) is 4.90 Å². The number of carbonyl (C=O) groups excluding carboxylic acids is 1. The number of hydrogen-bond donors (Lipinski definition) is 1. The first-order valence-corrected chi connectivity index (χ1v) is 10.7. The van der Waals surface area contributed by atoms with Crippen molar-refractivity contribution in [2.75, 3.05) is 38.2 Å². The Bertz CT molecular complexity index is 643. The lowest BCUT2D eigenvalue weighted by atomic mass is 10.2. The molecule has 0 spiro atoms. The number of carbonyl (C=O) groups is 1. The van der Waals surface area contributed by atoms with Crippen molar-refractivity contribution in [3.05, 3.63) is 21.3 Å². The van der Waals surface area contributed by atoms with E-state index in [1.54, 1.807) is 16.2 Å². The van der Waals surface area contributed by atoms with Gasteiger partial charge in [-0.15, -0.1) is 23.7 Å². The summed E-state index contributed by atoms with van der Waals surface area (Å²) in [5.41, 5.74) is 5.83. The fourth-order valence-corrected chi connectivity index (χ4v) is 4.29. The molecule has 0 aliphatic carbocycles. The molecule has 1 saturated heterocycles. The van der Waals surface area contributed by atoms with Crippen molar-refractivity contribution >= 4 is 51.1 Å². The van der Waals surface area contributed by atoms with Crippen molar-refractivity contribution in [1.82, 2.24) is 9.80 Å². The Morgan fingerprint density at radius 2 is 1.96 bits per heavy atom. The second-order valence-corrected chi connectivity index (χ2v) is 9.89. The molecule has 1 aromatic heterocycles. The highest BCUT2D eigenvalue weighted by atomic mass is 35.5. The minimum atomic E-state index is -3.09. The van der Waals surface area contributed by atoms with Crippen molar-refractivity contribution in [3.63, 3.8) is 0 Å². The van der Waals surface area contributed by atoms with E-state index in [9.17, 15) is 13.2 Å². The van der Waals surface area contributed by atoms with Crippen LogP contribution in [-0.4, -0.2) is 68.4 Å². The summed E-state index contributed by atoms with van der Waals surface area (Å²) in [6.07, 6.45) is 1.32. The Balaban J connectivity index is 0.00000288. The Hall–Kier alpha value is -0.380. The van der Waals surface area contributed by atoms with Crippen molar-refractivity contribution in [2.24, 2.45) is 5.73 Å². The van der Waals surface area contributed by atoms with Gasteiger partial charge in [0, 0.05) is 43.9 Å². The summed E-state index contributed by atoms with van der Waals surface area (Å²) in [4.78, 5) is 17.5. The number of nitrogens with two attached hydrogens (primary N) is 1. The van der Waals surface area contributed by atoms with Gasteiger partial charge in [0.25, 0.3) is 0 Å². The van der Waals surface area contributed by atoms with E-state index in [-0.39, 0.29) is 30.5 Å². The third-order valence-corrected chi connectivity index (χ3v) is 6.00. The summed E-state index contributed by atoms with van der Waals surface area (Å²) in [7, 11) is -3.09. The molecule has 10 heteroatoms. The van der Waals surface area contributed by atoms with Crippen molar-refractivity contribution in [1.29, 1.82) is 0 Å². The summed E-state index contributed by atoms with van der Waals surface area (Å²) < 4.78 is 23.1. The Kier molecular flexibility index (Phi) is 8.44. The van der Waals surface area contributed by atoms with Gasteiger partial charge in [-0.05, 0) is 18.6 Å². The molecular formula is C14H23Cl2N3O3S2. The van der Waals surface area contributed by atoms with Crippen LogP contribution in [0.25, 0.3) is 0 Å². The van der Waals surface area contributed by atoms with E-state index >= 15 is 0 Å². The van der Waals surface area contributed by atoms with Crippen LogP contribution in [0.1, 0.15) is 11.3 Å². The van der Waals surface area contributed by atoms with Crippen LogP contribution in [0.5, 0.6) is 0 Å². The van der Waals surface area contributed by atoms with Gasteiger partial charge in [0.2, 0.25) is 5.91 Å². The van der Waals surface area contributed by atoms with Gasteiger partial charge in [0.1, 0.15) is 9.84 Å². The number of rotatable bonds is 6. The molecule has 0 saturated carbocycles. The lowest BCUT2D eigenvalue weighted by Gasteiger charge is -2.35. The maximum atomic E-state index is 12.3. The smallest absolute Gasteiger partial charge is 0.239 e. The molecule has 0 bridgehead atoms. The predicted octanol–water partition coefficient (Wildman–Crippen LogP) is 1.23. The lowest BCUT2D eigenvalue weighted by Crippen LogP contribution is -2.53. The van der Waals surface area contributed by atoms with Crippen molar-refractivity contribution in [2.45, 2.75) is 19.0 Å². The van der Waals surface area contributed by atoms with Crippen LogP contribution in [0, 0.1) is 0 Å². The molecule has 0 aromatic carbocycles. The van der Waals surface area contributed by atoms with Gasteiger partial charge in [-0.1, -0.05) is 11.6 Å². The SMILES string of the molecule is CS(=O)(=O)CCC(N)C(=O)N1CCN(Cc2ccc(Cl)s2)CC1.Cl. The maximum absolute atomic E-state index is 12.3. The third-order valence-electron chi connectivity index (χ3n) is 3.81. The molecule has 1 aliphatic heterocycles. The molecule has 1 aliphatic rings. The molecule has 2 rings (SSSR count). The van der Waals surface area contributed by atoms with Crippen LogP contribution in [0.15, 0.2) is 12.1 Å². The summed E-state index contributed by atoms with van der Waals surface area (Å²) in [5, 5.41) is 0. The van der Waals surface area contributed by atoms with Gasteiger partial charge in [-0.3, -0.25) is 9.69 Å². The van der Waals surface area contributed by atoms with E-state index in [0.29, 0.717) is 13.1 Å². The van der Waals surface area contributed by atoms with Crippen molar-refractivity contribution < 1.29 is 13.2 Å². The zero-order valence-electron chi connectivity index (χ0n) is 13.5. The molecule has 1 aromatic rings. The van der Waals surface area contributed by atoms with E-state index in [1.807, 2.05) is 12.1 Å². The lowest BCUT2D eigenvalue weighted by molar-refractivity contribution is -0.134. The zero-order chi connectivity index (χ0) is 17.0. The van der Waals surface area contributed by atoms with Crippen LogP contribution >= 0.6 is 35.3 Å². The van der Waals surface area contributed by atoms with Crippen molar-refractivity contribution in [3.8, 4) is 0 Å². The zero-order valence-corrected chi connectivity index (χ0v) is 16.7. The van der Waals surface area contributed by atoms with E-state index < -0.39 is 15.9 Å². The number of nitrogens with zero attached hydrogens (tertiary/aromatic N) is 2. The van der Waals surface area contributed by atoms with Crippen LogP contribution in [0.2, 0.25) is 4.34 Å². The van der Waals surface area contributed by atoms with Gasteiger partial charge in [0.15, 0.2) is 0 Å². The molecular weight excluding hydrogens is 393 g/mol. The second-order valence-electron chi connectivity index (χ2n) is 5.83. The highest BCUT2D eigenvalue weighted by Crippen LogP contribution is 2.23. The fourth-order valence-electron chi connectivity index (χ4n) is 2.48. The minimum absolute atomic E-state index is 0. The number of amides is 1. The van der Waals surface area contributed by atoms with E-state index in [4.69, 9.17) is 17.3 Å². The predicted molar refractivity (Wildman–Crippen MR) is 101 cm³/mol. The molecule has 1 unspecified atom stereocenters. The normalized spacial score (nSPS) is 17.4. The number of halogens is 2. The molecule has 0 radical (unpaired) electrons. The average Bonchev–Trinajstić information content (AvgIpc) is 2.89. The summed E-state index contributed by atoms with van der Waals surface area (Å²) >= 11 is 7.50. The molecule has 1 fully saturated rings. The van der Waals surface area contributed by atoms with Gasteiger partial charge in [-0.25, -0.2) is 8.42 Å². The largest absolute Gasteiger partial charge is 0.339 e. The Labute approximate surface area is 158 Å². The number of piperazine rings is 1. The highest BCUT2D eigenvalue weighted by molar-refractivity contribution is 7.90. The Morgan fingerprint density at radius 1 is 1.33 bits per heavy atom. The molecule has 138 valence electrons. The van der Waals surface area contributed by atoms with Crippen LogP contribution < -0.4 is 5.73 Å². The molecule has 1 amide bonds. The fraction of sp³-hybridized carbons (Fsp3) is 0.643. The van der Waals surface area contributed by atoms with Crippen LogP contribution in [-0.2, 0) is 21.2 Å². The van der Waals surface area contributed by atoms with Crippen LogP contribution in [0.4, 0.5) is 0 Å². The third kappa shape index (κ3) is 6.85. The summed E-state index contributed by atoms with van der Waals surface area (Å²) in [5.74, 6) is -0.216. The van der Waals surface area contributed by atoms with Gasteiger partial charge >= 0.3 is 0 Å². The topological polar surface area (TPSA) is 83.7 Å². The quantitative estimate of drug-likeness (QED) is 0.754. The second kappa shape index (κ2) is 9.35. The summed E-state index contributed by atoms with van der Waals surface area (Å²) in [6, 6.07) is 3.17. The first-order valence-electron chi connectivity index (χ1n) is 7.43. The number of hydrogen-bond acceptors (Lipinski definition) is 6. The molecule has 2 N–H and O–H groups in total. The molecule has 1 atom stereocenters. The first kappa shape index (κ1) is 21.7. The van der Waals surface area contributed by atoms with Crippen LogP contribution in [0.3, 0.4) is 0 Å². The highest BCUT2D eigenvalue weighted by Gasteiger charge is 2.26. The number of sulfone groups is 1. The summed E-state index contributed by atoms with van der Waals surface area (Å²) in [6.45, 7) is 3.62. The first-order chi connectivity index (χ1) is 10.7. The van der Waals surface area contributed by atoms with Gasteiger partial charge in [-0.2, -0.15) is 0 Å². The maximum Gasteiger partial charge on any atom is 0.239 e.